The average molecular weight is 243 g/mol. The molecule has 0 aliphatic carbocycles. The highest BCUT2D eigenvalue weighted by molar-refractivity contribution is 5.10. The minimum absolute atomic E-state index is 0.209. The SMILES string of the molecule is Nc1ncn([C@@H]2O[C@H](C[O])[C@@H](O)[C@H]2O)c(=O)n1. The number of hydrogen-bond acceptors (Lipinski definition) is 7. The van der Waals surface area contributed by atoms with E-state index < -0.39 is 36.8 Å². The van der Waals surface area contributed by atoms with Gasteiger partial charge in [-0.2, -0.15) is 4.98 Å². The van der Waals surface area contributed by atoms with Crippen LogP contribution in [0, 0.1) is 0 Å². The van der Waals surface area contributed by atoms with E-state index in [1.54, 1.807) is 0 Å². The summed E-state index contributed by atoms with van der Waals surface area (Å²) in [5.41, 5.74) is 4.43. The topological polar surface area (TPSA) is 143 Å². The summed E-state index contributed by atoms with van der Waals surface area (Å²) < 4.78 is 5.95. The van der Waals surface area contributed by atoms with Crippen molar-refractivity contribution < 1.29 is 20.1 Å². The quantitative estimate of drug-likeness (QED) is 0.511. The molecule has 1 fully saturated rings. The highest BCUT2D eigenvalue weighted by Crippen LogP contribution is 2.27. The Morgan fingerprint density at radius 2 is 2.18 bits per heavy atom. The summed E-state index contributed by atoms with van der Waals surface area (Å²) in [5.74, 6) is -0.209. The Morgan fingerprint density at radius 3 is 2.71 bits per heavy atom. The molecule has 1 aliphatic heterocycles. The number of nitrogen functional groups attached to an aromatic ring is 1. The first-order valence-corrected chi connectivity index (χ1v) is 4.85. The summed E-state index contributed by atoms with van der Waals surface area (Å²) in [6.45, 7) is -0.723. The Kier molecular flexibility index (Phi) is 3.07. The molecule has 9 nitrogen and oxygen atoms in total. The number of ether oxygens (including phenoxy) is 1. The highest BCUT2D eigenvalue weighted by Gasteiger charge is 2.44. The second kappa shape index (κ2) is 4.37. The molecule has 0 amide bonds. The minimum atomic E-state index is -1.39. The van der Waals surface area contributed by atoms with Crippen molar-refractivity contribution in [3.05, 3.63) is 16.8 Å². The molecule has 0 bridgehead atoms. The molecule has 0 spiro atoms. The van der Waals surface area contributed by atoms with Crippen LogP contribution in [0.1, 0.15) is 6.23 Å². The fraction of sp³-hybridized carbons (Fsp3) is 0.625. The summed E-state index contributed by atoms with van der Waals surface area (Å²) in [5, 5.41) is 29.8. The molecule has 0 saturated carbocycles. The van der Waals surface area contributed by atoms with Gasteiger partial charge >= 0.3 is 5.69 Å². The lowest BCUT2D eigenvalue weighted by Crippen LogP contribution is -2.36. The summed E-state index contributed by atoms with van der Waals surface area (Å²) in [6, 6.07) is 0. The highest BCUT2D eigenvalue weighted by atomic mass is 16.6. The van der Waals surface area contributed by atoms with E-state index in [9.17, 15) is 20.1 Å². The van der Waals surface area contributed by atoms with Crippen molar-refractivity contribution >= 4 is 5.95 Å². The number of aliphatic hydroxyl groups is 2. The monoisotopic (exact) mass is 243 g/mol. The van der Waals surface area contributed by atoms with Crippen LogP contribution in [0.4, 0.5) is 5.95 Å². The molecule has 17 heavy (non-hydrogen) atoms. The molecule has 93 valence electrons. The number of aliphatic hydroxyl groups excluding tert-OH is 2. The van der Waals surface area contributed by atoms with Crippen LogP contribution in [-0.4, -0.2) is 49.7 Å². The van der Waals surface area contributed by atoms with Crippen LogP contribution in [-0.2, 0) is 9.84 Å². The van der Waals surface area contributed by atoms with Gasteiger partial charge in [0.25, 0.3) is 0 Å². The van der Waals surface area contributed by atoms with Crippen LogP contribution < -0.4 is 11.4 Å². The Morgan fingerprint density at radius 1 is 1.47 bits per heavy atom. The Labute approximate surface area is 95.1 Å². The predicted octanol–water partition coefficient (Wildman–Crippen LogP) is -2.73. The number of anilines is 1. The maximum absolute atomic E-state index is 11.5. The van der Waals surface area contributed by atoms with Crippen LogP contribution in [0.3, 0.4) is 0 Å². The van der Waals surface area contributed by atoms with E-state index in [2.05, 4.69) is 9.97 Å². The molecule has 0 unspecified atom stereocenters. The number of nitrogens with zero attached hydrogens (tertiary/aromatic N) is 3. The molecule has 2 heterocycles. The second-order valence-corrected chi connectivity index (χ2v) is 3.62. The van der Waals surface area contributed by atoms with E-state index in [-0.39, 0.29) is 5.95 Å². The van der Waals surface area contributed by atoms with Gasteiger partial charge < -0.3 is 20.7 Å². The van der Waals surface area contributed by atoms with E-state index in [4.69, 9.17) is 10.5 Å². The van der Waals surface area contributed by atoms with Crippen molar-refractivity contribution in [3.63, 3.8) is 0 Å². The lowest BCUT2D eigenvalue weighted by molar-refractivity contribution is -0.0659. The van der Waals surface area contributed by atoms with Gasteiger partial charge in [-0.25, -0.2) is 14.9 Å². The molecule has 1 saturated heterocycles. The van der Waals surface area contributed by atoms with Crippen molar-refractivity contribution in [3.8, 4) is 0 Å². The summed E-state index contributed by atoms with van der Waals surface area (Å²) in [7, 11) is 0. The molecule has 4 atom stereocenters. The average Bonchev–Trinajstić information content (AvgIpc) is 2.57. The first kappa shape index (κ1) is 11.9. The van der Waals surface area contributed by atoms with Crippen molar-refractivity contribution in [2.24, 2.45) is 0 Å². The third-order valence-electron chi connectivity index (χ3n) is 2.52. The van der Waals surface area contributed by atoms with Gasteiger partial charge in [0.2, 0.25) is 5.95 Å². The van der Waals surface area contributed by atoms with Crippen LogP contribution in [0.5, 0.6) is 0 Å². The molecular formula is C8H11N4O5. The number of nitrogens with two attached hydrogens (primary N) is 1. The largest absolute Gasteiger partial charge is 0.387 e. The van der Waals surface area contributed by atoms with Crippen molar-refractivity contribution in [1.29, 1.82) is 0 Å². The smallest absolute Gasteiger partial charge is 0.354 e. The maximum atomic E-state index is 11.5. The van der Waals surface area contributed by atoms with Gasteiger partial charge in [0.1, 0.15) is 31.2 Å². The van der Waals surface area contributed by atoms with E-state index in [1.165, 1.54) is 0 Å². The zero-order chi connectivity index (χ0) is 12.6. The van der Waals surface area contributed by atoms with Crippen molar-refractivity contribution in [2.75, 3.05) is 12.3 Å². The standard InChI is InChI=1S/C8H11N4O5/c9-7-10-2-12(8(16)11-7)6-5(15)4(14)3(1-13)17-6/h2-6,14-15H,1H2,(H2,9,11,16)/t3-,4-,5-,6-/m1/s1. The van der Waals surface area contributed by atoms with Gasteiger partial charge in [-0.05, 0) is 0 Å². The van der Waals surface area contributed by atoms with Gasteiger partial charge in [0.15, 0.2) is 6.23 Å². The fourth-order valence-electron chi connectivity index (χ4n) is 1.63. The van der Waals surface area contributed by atoms with Gasteiger partial charge in [-0.3, -0.25) is 4.57 Å². The third kappa shape index (κ3) is 2.00. The van der Waals surface area contributed by atoms with Crippen LogP contribution in [0.2, 0.25) is 0 Å². The molecule has 1 aliphatic rings. The Bertz CT molecular complexity index is 463. The zero-order valence-corrected chi connectivity index (χ0v) is 8.63. The van der Waals surface area contributed by atoms with Crippen molar-refractivity contribution in [1.82, 2.24) is 14.5 Å². The van der Waals surface area contributed by atoms with Gasteiger partial charge in [0, 0.05) is 0 Å². The molecule has 9 heteroatoms. The summed E-state index contributed by atoms with van der Waals surface area (Å²) in [6.07, 6.45) is -3.95. The summed E-state index contributed by atoms with van der Waals surface area (Å²) in [4.78, 5) is 18.4. The lowest BCUT2D eigenvalue weighted by Gasteiger charge is -2.16. The van der Waals surface area contributed by atoms with Crippen LogP contribution in [0.25, 0.3) is 0 Å². The molecule has 0 aromatic carbocycles. The van der Waals surface area contributed by atoms with Gasteiger partial charge in [-0.15, -0.1) is 0 Å². The normalized spacial score (nSPS) is 32.9. The lowest BCUT2D eigenvalue weighted by atomic mass is 10.1. The number of rotatable bonds is 2. The zero-order valence-electron chi connectivity index (χ0n) is 8.63. The predicted molar refractivity (Wildman–Crippen MR) is 52.2 cm³/mol. The Hall–Kier alpha value is -1.55. The number of aromatic nitrogens is 3. The van der Waals surface area contributed by atoms with Crippen LogP contribution >= 0.6 is 0 Å². The third-order valence-corrected chi connectivity index (χ3v) is 2.52. The van der Waals surface area contributed by atoms with Gasteiger partial charge in [-0.1, -0.05) is 0 Å². The molecular weight excluding hydrogens is 232 g/mol. The Balaban J connectivity index is 2.32. The van der Waals surface area contributed by atoms with E-state index in [0.29, 0.717) is 0 Å². The fourth-order valence-corrected chi connectivity index (χ4v) is 1.63. The van der Waals surface area contributed by atoms with Crippen molar-refractivity contribution in [2.45, 2.75) is 24.5 Å². The molecule has 2 rings (SSSR count). The van der Waals surface area contributed by atoms with Crippen LogP contribution in [0.15, 0.2) is 11.1 Å². The molecule has 1 radical (unpaired) electrons. The first-order chi connectivity index (χ1) is 8.04. The molecule has 4 N–H and O–H groups in total. The van der Waals surface area contributed by atoms with E-state index in [0.717, 1.165) is 10.9 Å². The van der Waals surface area contributed by atoms with E-state index >= 15 is 0 Å². The second-order valence-electron chi connectivity index (χ2n) is 3.62. The van der Waals surface area contributed by atoms with Gasteiger partial charge in [0.05, 0.1) is 0 Å². The molecule has 1 aromatic rings. The van der Waals surface area contributed by atoms with E-state index in [1.807, 2.05) is 0 Å². The number of hydrogen-bond donors (Lipinski definition) is 3. The summed E-state index contributed by atoms with van der Waals surface area (Å²) >= 11 is 0. The maximum Gasteiger partial charge on any atom is 0.354 e. The first-order valence-electron chi connectivity index (χ1n) is 4.85. The minimum Gasteiger partial charge on any atom is -0.387 e. The molecule has 1 aromatic heterocycles.